The molecule has 0 unspecified atom stereocenters. The van der Waals surface area contributed by atoms with E-state index in [1.54, 1.807) is 24.4 Å². The number of rotatable bonds is 8. The molecule has 8 heteroatoms. The molecule has 0 spiro atoms. The van der Waals surface area contributed by atoms with Crippen molar-refractivity contribution in [3.05, 3.63) is 83.1 Å². The molecule has 0 fully saturated rings. The molecular weight excluding hydrogens is 411 g/mol. The van der Waals surface area contributed by atoms with E-state index in [0.717, 1.165) is 5.69 Å². The average Bonchev–Trinajstić information content (AvgIpc) is 3.15. The van der Waals surface area contributed by atoms with Crippen LogP contribution in [0.5, 0.6) is 0 Å². The minimum atomic E-state index is -0.554. The van der Waals surface area contributed by atoms with E-state index in [0.29, 0.717) is 36.1 Å². The van der Waals surface area contributed by atoms with Gasteiger partial charge in [-0.1, -0.05) is 30.3 Å². The molecule has 7 nitrogen and oxygen atoms in total. The van der Waals surface area contributed by atoms with Crippen LogP contribution in [0.3, 0.4) is 0 Å². The summed E-state index contributed by atoms with van der Waals surface area (Å²) >= 11 is 0. The van der Waals surface area contributed by atoms with Crippen LogP contribution >= 0.6 is 0 Å². The van der Waals surface area contributed by atoms with Crippen molar-refractivity contribution < 1.29 is 13.7 Å². The van der Waals surface area contributed by atoms with Crippen LogP contribution in [0, 0.1) is 5.82 Å². The molecule has 0 aliphatic heterocycles. The standard InChI is InChI=1S/C24H23FN4O3/c1-3-28(19-8-6-5-7-9-19)24-26-15-14-20(27-24)22-21(17-10-12-18(25)13-11-17)23(30)32-29(22)16-31-4-2/h5-15H,3-4,16H2,1-2H3. The summed E-state index contributed by atoms with van der Waals surface area (Å²) in [5.41, 5.74) is 2.15. The highest BCUT2D eigenvalue weighted by Gasteiger charge is 2.23. The van der Waals surface area contributed by atoms with Crippen molar-refractivity contribution in [1.29, 1.82) is 0 Å². The molecular formula is C24H23FN4O3. The molecule has 32 heavy (non-hydrogen) atoms. The summed E-state index contributed by atoms with van der Waals surface area (Å²) in [5, 5.41) is 0. The Morgan fingerprint density at radius 2 is 1.81 bits per heavy atom. The van der Waals surface area contributed by atoms with Gasteiger partial charge in [0.25, 0.3) is 0 Å². The Balaban J connectivity index is 1.86. The van der Waals surface area contributed by atoms with E-state index < -0.39 is 5.63 Å². The smallest absolute Gasteiger partial charge is 0.358 e. The number of hydrogen-bond donors (Lipinski definition) is 0. The van der Waals surface area contributed by atoms with E-state index in [1.807, 2.05) is 49.1 Å². The van der Waals surface area contributed by atoms with E-state index >= 15 is 0 Å². The molecule has 0 aliphatic rings. The number of ether oxygens (including phenoxy) is 1. The number of hydrogen-bond acceptors (Lipinski definition) is 6. The molecule has 2 aromatic carbocycles. The third kappa shape index (κ3) is 4.31. The van der Waals surface area contributed by atoms with Gasteiger partial charge in [-0.25, -0.2) is 19.2 Å². The Hall–Kier alpha value is -3.78. The summed E-state index contributed by atoms with van der Waals surface area (Å²) < 4.78 is 25.8. The maximum Gasteiger partial charge on any atom is 0.366 e. The predicted octanol–water partition coefficient (Wildman–Crippen LogP) is 4.86. The van der Waals surface area contributed by atoms with Gasteiger partial charge in [0, 0.05) is 25.0 Å². The molecule has 0 atom stereocenters. The van der Waals surface area contributed by atoms with Crippen molar-refractivity contribution in [1.82, 2.24) is 14.7 Å². The summed E-state index contributed by atoms with van der Waals surface area (Å²) in [6.45, 7) is 4.99. The number of para-hydroxylation sites is 1. The van der Waals surface area contributed by atoms with Crippen LogP contribution in [0.25, 0.3) is 22.5 Å². The lowest BCUT2D eigenvalue weighted by Gasteiger charge is -2.21. The first-order valence-electron chi connectivity index (χ1n) is 10.4. The second-order valence-electron chi connectivity index (χ2n) is 6.93. The highest BCUT2D eigenvalue weighted by atomic mass is 19.1. The van der Waals surface area contributed by atoms with Crippen LogP contribution in [-0.2, 0) is 11.5 Å². The molecule has 0 N–H and O–H groups in total. The van der Waals surface area contributed by atoms with E-state index in [9.17, 15) is 9.18 Å². The lowest BCUT2D eigenvalue weighted by molar-refractivity contribution is 0.0314. The molecule has 0 bridgehead atoms. The molecule has 2 heterocycles. The van der Waals surface area contributed by atoms with Crippen molar-refractivity contribution in [2.45, 2.75) is 20.6 Å². The van der Waals surface area contributed by atoms with Crippen molar-refractivity contribution in [2.24, 2.45) is 0 Å². The fourth-order valence-electron chi connectivity index (χ4n) is 3.46. The molecule has 0 saturated heterocycles. The van der Waals surface area contributed by atoms with Gasteiger partial charge in [-0.05, 0) is 49.7 Å². The molecule has 0 amide bonds. The first kappa shape index (κ1) is 21.5. The summed E-state index contributed by atoms with van der Waals surface area (Å²) in [4.78, 5) is 23.9. The Labute approximate surface area is 184 Å². The lowest BCUT2D eigenvalue weighted by Crippen LogP contribution is -2.19. The van der Waals surface area contributed by atoms with Crippen molar-refractivity contribution in [3.8, 4) is 22.5 Å². The highest BCUT2D eigenvalue weighted by molar-refractivity contribution is 5.79. The zero-order valence-electron chi connectivity index (χ0n) is 17.9. The Kier molecular flexibility index (Phi) is 6.42. The summed E-state index contributed by atoms with van der Waals surface area (Å²) in [5.74, 6) is 0.0945. The van der Waals surface area contributed by atoms with Crippen LogP contribution in [0.15, 0.2) is 76.2 Å². The number of anilines is 2. The topological polar surface area (TPSA) is 73.4 Å². The normalized spacial score (nSPS) is 11.0. The first-order valence-corrected chi connectivity index (χ1v) is 10.4. The maximum atomic E-state index is 13.5. The predicted molar refractivity (Wildman–Crippen MR) is 120 cm³/mol. The largest absolute Gasteiger partial charge is 0.366 e. The first-order chi connectivity index (χ1) is 15.6. The van der Waals surface area contributed by atoms with Crippen molar-refractivity contribution in [3.63, 3.8) is 0 Å². The molecule has 4 aromatic rings. The highest BCUT2D eigenvalue weighted by Crippen LogP contribution is 2.31. The Morgan fingerprint density at radius 3 is 2.50 bits per heavy atom. The van der Waals surface area contributed by atoms with E-state index in [-0.39, 0.29) is 18.1 Å². The number of nitrogens with zero attached hydrogens (tertiary/aromatic N) is 4. The summed E-state index contributed by atoms with van der Waals surface area (Å²) in [6, 6.07) is 17.2. The SMILES string of the molecule is CCOCn1oc(=O)c(-c2ccc(F)cc2)c1-c1ccnc(N(CC)c2ccccc2)n1. The Bertz CT molecular complexity index is 1240. The monoisotopic (exact) mass is 434 g/mol. The zero-order valence-corrected chi connectivity index (χ0v) is 17.9. The zero-order chi connectivity index (χ0) is 22.5. The van der Waals surface area contributed by atoms with Gasteiger partial charge in [-0.3, -0.25) is 0 Å². The fourth-order valence-corrected chi connectivity index (χ4v) is 3.46. The third-order valence-electron chi connectivity index (χ3n) is 4.94. The van der Waals surface area contributed by atoms with E-state index in [2.05, 4.69) is 4.98 Å². The van der Waals surface area contributed by atoms with Gasteiger partial charge in [0.15, 0.2) is 6.73 Å². The number of aromatic nitrogens is 3. The maximum absolute atomic E-state index is 13.5. The second-order valence-corrected chi connectivity index (χ2v) is 6.93. The van der Waals surface area contributed by atoms with Crippen LogP contribution < -0.4 is 10.5 Å². The van der Waals surface area contributed by atoms with Gasteiger partial charge in [-0.15, -0.1) is 0 Å². The van der Waals surface area contributed by atoms with Gasteiger partial charge in [0.1, 0.15) is 11.5 Å². The summed E-state index contributed by atoms with van der Waals surface area (Å²) in [7, 11) is 0. The van der Waals surface area contributed by atoms with Crippen molar-refractivity contribution in [2.75, 3.05) is 18.1 Å². The van der Waals surface area contributed by atoms with Crippen LogP contribution in [-0.4, -0.2) is 27.9 Å². The van der Waals surface area contributed by atoms with Gasteiger partial charge >= 0.3 is 5.63 Å². The minimum absolute atomic E-state index is 0.0395. The number of benzene rings is 2. The van der Waals surface area contributed by atoms with E-state index in [4.69, 9.17) is 14.2 Å². The second kappa shape index (κ2) is 9.57. The van der Waals surface area contributed by atoms with E-state index in [1.165, 1.54) is 16.9 Å². The molecule has 0 radical (unpaired) electrons. The lowest BCUT2D eigenvalue weighted by atomic mass is 10.0. The molecule has 0 aliphatic carbocycles. The molecule has 0 saturated carbocycles. The van der Waals surface area contributed by atoms with Gasteiger partial charge in [0.2, 0.25) is 5.95 Å². The third-order valence-corrected chi connectivity index (χ3v) is 4.94. The molecule has 4 rings (SSSR count). The van der Waals surface area contributed by atoms with Gasteiger partial charge in [0.05, 0.1) is 11.3 Å². The number of halogens is 1. The van der Waals surface area contributed by atoms with Gasteiger partial charge in [-0.2, -0.15) is 4.74 Å². The van der Waals surface area contributed by atoms with Crippen LogP contribution in [0.2, 0.25) is 0 Å². The van der Waals surface area contributed by atoms with Gasteiger partial charge < -0.3 is 14.2 Å². The Morgan fingerprint density at radius 1 is 1.06 bits per heavy atom. The van der Waals surface area contributed by atoms with Crippen molar-refractivity contribution >= 4 is 11.6 Å². The van der Waals surface area contributed by atoms with Crippen LogP contribution in [0.4, 0.5) is 16.0 Å². The average molecular weight is 434 g/mol. The molecule has 2 aromatic heterocycles. The summed E-state index contributed by atoms with van der Waals surface area (Å²) in [6.07, 6.45) is 1.64. The molecule has 164 valence electrons. The minimum Gasteiger partial charge on any atom is -0.358 e. The quantitative estimate of drug-likeness (QED) is 0.394. The van der Waals surface area contributed by atoms with Crippen LogP contribution in [0.1, 0.15) is 13.8 Å². The fraction of sp³-hybridized carbons (Fsp3) is 0.208.